The molecule has 3 aliphatic heterocycles. The molecule has 6 rings (SSSR count). The van der Waals surface area contributed by atoms with Crippen molar-refractivity contribution in [2.75, 3.05) is 25.0 Å². The fraction of sp³-hybridized carbons (Fsp3) is 0.385. The van der Waals surface area contributed by atoms with Gasteiger partial charge in [0.15, 0.2) is 5.76 Å². The number of urea groups is 1. The van der Waals surface area contributed by atoms with E-state index in [0.29, 0.717) is 22.9 Å². The molecule has 3 amide bonds. The number of benzene rings is 2. The molecule has 0 spiro atoms. The summed E-state index contributed by atoms with van der Waals surface area (Å²) in [6.45, 7) is 7.01. The third-order valence-electron chi connectivity index (χ3n) is 6.63. The zero-order valence-corrected chi connectivity index (χ0v) is 19.1. The quantitative estimate of drug-likeness (QED) is 0.540. The number of hydrogen-bond acceptors (Lipinski definition) is 4. The van der Waals surface area contributed by atoms with Crippen LogP contribution in [0.15, 0.2) is 52.9 Å². The van der Waals surface area contributed by atoms with E-state index in [0.717, 1.165) is 49.0 Å². The highest BCUT2D eigenvalue weighted by Crippen LogP contribution is 2.35. The van der Waals surface area contributed by atoms with E-state index >= 15 is 0 Å². The van der Waals surface area contributed by atoms with Crippen molar-refractivity contribution >= 4 is 28.6 Å². The fourth-order valence-electron chi connectivity index (χ4n) is 5.00. The molecule has 3 aromatic rings. The second kappa shape index (κ2) is 8.90. The van der Waals surface area contributed by atoms with Crippen molar-refractivity contribution in [3.63, 3.8) is 0 Å². The third kappa shape index (κ3) is 4.46. The lowest BCUT2D eigenvalue weighted by Gasteiger charge is -2.44. The zero-order valence-electron chi connectivity index (χ0n) is 19.1. The molecule has 3 aliphatic rings. The van der Waals surface area contributed by atoms with Crippen LogP contribution in [0.4, 0.5) is 10.5 Å². The summed E-state index contributed by atoms with van der Waals surface area (Å²) in [6.07, 6.45) is 2.28. The second-order valence-corrected chi connectivity index (χ2v) is 9.35. The molecule has 172 valence electrons. The highest BCUT2D eigenvalue weighted by Gasteiger charge is 2.35. The minimum absolute atomic E-state index is 0.0305. The van der Waals surface area contributed by atoms with Gasteiger partial charge in [-0.25, -0.2) is 4.79 Å². The number of amides is 3. The summed E-state index contributed by atoms with van der Waals surface area (Å²) in [5, 5.41) is 9.83. The molecule has 1 aromatic heterocycles. The van der Waals surface area contributed by atoms with Crippen molar-refractivity contribution in [3.8, 4) is 11.1 Å². The molecule has 3 N–H and O–H groups in total. The first-order chi connectivity index (χ1) is 16.0. The Bertz CT molecular complexity index is 1180. The number of hydrogen-bond donors (Lipinski definition) is 3. The molecule has 0 saturated carbocycles. The second-order valence-electron chi connectivity index (χ2n) is 9.35. The highest BCUT2D eigenvalue weighted by molar-refractivity contribution is 6.03. The van der Waals surface area contributed by atoms with Gasteiger partial charge >= 0.3 is 6.03 Å². The van der Waals surface area contributed by atoms with Gasteiger partial charge in [-0.3, -0.25) is 4.79 Å². The van der Waals surface area contributed by atoms with Crippen LogP contribution in [-0.4, -0.2) is 48.6 Å². The van der Waals surface area contributed by atoms with Gasteiger partial charge in [0.05, 0.1) is 5.69 Å². The lowest BCUT2D eigenvalue weighted by atomic mass is 9.84. The Kier molecular flexibility index (Phi) is 5.81. The van der Waals surface area contributed by atoms with Crippen LogP contribution >= 0.6 is 0 Å². The van der Waals surface area contributed by atoms with Gasteiger partial charge in [-0.15, -0.1) is 0 Å². The summed E-state index contributed by atoms with van der Waals surface area (Å²) < 4.78 is 6.11. The van der Waals surface area contributed by atoms with E-state index in [4.69, 9.17) is 4.42 Å². The first-order valence-electron chi connectivity index (χ1n) is 11.7. The number of fused-ring (bicyclic) bond motifs is 4. The summed E-state index contributed by atoms with van der Waals surface area (Å²) in [5.74, 6) is 0.698. The molecular weight excluding hydrogens is 416 g/mol. The molecule has 0 aliphatic carbocycles. The summed E-state index contributed by atoms with van der Waals surface area (Å²) in [6, 6.07) is 15.2. The summed E-state index contributed by atoms with van der Waals surface area (Å²) >= 11 is 0. The maximum absolute atomic E-state index is 13.0. The number of carbonyl (C=O) groups excluding carboxylic acids is 2. The minimum atomic E-state index is -0.262. The molecule has 33 heavy (non-hydrogen) atoms. The summed E-state index contributed by atoms with van der Waals surface area (Å²) in [7, 11) is 0. The Morgan fingerprint density at radius 1 is 1.03 bits per heavy atom. The monoisotopic (exact) mass is 446 g/mol. The van der Waals surface area contributed by atoms with Gasteiger partial charge in [-0.1, -0.05) is 36.4 Å². The average molecular weight is 447 g/mol. The van der Waals surface area contributed by atoms with Gasteiger partial charge in [0, 0.05) is 35.1 Å². The molecule has 7 nitrogen and oxygen atoms in total. The minimum Gasteiger partial charge on any atom is -0.450 e. The zero-order chi connectivity index (χ0) is 22.9. The van der Waals surface area contributed by atoms with Crippen molar-refractivity contribution in [2.24, 2.45) is 5.92 Å². The van der Waals surface area contributed by atoms with E-state index in [9.17, 15) is 9.59 Å². The maximum Gasteiger partial charge on any atom is 0.319 e. The van der Waals surface area contributed by atoms with Gasteiger partial charge in [0.2, 0.25) is 0 Å². The number of carbonyl (C=O) groups is 2. The molecule has 4 heterocycles. The Labute approximate surface area is 193 Å². The van der Waals surface area contributed by atoms with E-state index in [1.54, 1.807) is 6.07 Å². The largest absolute Gasteiger partial charge is 0.450 e. The van der Waals surface area contributed by atoms with E-state index in [-0.39, 0.29) is 24.0 Å². The smallest absolute Gasteiger partial charge is 0.319 e. The standard InChI is InChI=1S/C26H30N4O3/c1-16(2)27-26(32)29-21-9-4-3-7-19(21)20-8-5-6-18-14-23(33-24(18)20)25(31)28-22-15-30-12-10-17(22)11-13-30/h3-9,14,16-17,22H,10-13,15H2,1-2H3,(H,28,31)(H2,27,29,32)/t22-/m0/s1. The first-order valence-corrected chi connectivity index (χ1v) is 11.7. The van der Waals surface area contributed by atoms with E-state index in [1.807, 2.05) is 56.3 Å². The number of piperidine rings is 3. The third-order valence-corrected chi connectivity index (χ3v) is 6.63. The van der Waals surface area contributed by atoms with Crippen molar-refractivity contribution in [1.29, 1.82) is 0 Å². The Hall–Kier alpha value is -3.32. The molecule has 0 unspecified atom stereocenters. The number of para-hydroxylation sites is 2. The number of furan rings is 1. The van der Waals surface area contributed by atoms with Crippen LogP contribution in [0.3, 0.4) is 0 Å². The predicted molar refractivity (Wildman–Crippen MR) is 129 cm³/mol. The van der Waals surface area contributed by atoms with Crippen LogP contribution in [0.25, 0.3) is 22.1 Å². The lowest BCUT2D eigenvalue weighted by molar-refractivity contribution is 0.0607. The summed E-state index contributed by atoms with van der Waals surface area (Å²) in [4.78, 5) is 27.8. The summed E-state index contributed by atoms with van der Waals surface area (Å²) in [5.41, 5.74) is 2.98. The number of nitrogens with one attached hydrogen (secondary N) is 3. The van der Waals surface area contributed by atoms with Crippen molar-refractivity contribution in [2.45, 2.75) is 38.8 Å². The normalized spacial score (nSPS) is 21.8. The van der Waals surface area contributed by atoms with Crippen LogP contribution in [0.1, 0.15) is 37.2 Å². The molecular formula is C26H30N4O3. The number of rotatable bonds is 5. The van der Waals surface area contributed by atoms with Gasteiger partial charge in [0.25, 0.3) is 5.91 Å². The van der Waals surface area contributed by atoms with E-state index in [1.165, 1.54) is 0 Å². The van der Waals surface area contributed by atoms with Crippen LogP contribution < -0.4 is 16.0 Å². The molecule has 1 atom stereocenters. The maximum atomic E-state index is 13.0. The van der Waals surface area contributed by atoms with E-state index < -0.39 is 0 Å². The van der Waals surface area contributed by atoms with Gasteiger partial charge < -0.3 is 25.3 Å². The van der Waals surface area contributed by atoms with Crippen molar-refractivity contribution < 1.29 is 14.0 Å². The Morgan fingerprint density at radius 3 is 2.52 bits per heavy atom. The number of anilines is 1. The molecule has 2 aromatic carbocycles. The topological polar surface area (TPSA) is 86.6 Å². The SMILES string of the molecule is CC(C)NC(=O)Nc1ccccc1-c1cccc2cc(C(=O)N[C@H]3CN4CCC3CC4)oc12. The molecule has 0 radical (unpaired) electrons. The van der Waals surface area contributed by atoms with Gasteiger partial charge in [0.1, 0.15) is 5.58 Å². The fourth-order valence-corrected chi connectivity index (χ4v) is 5.00. The predicted octanol–water partition coefficient (Wildman–Crippen LogP) is 4.45. The van der Waals surface area contributed by atoms with Crippen LogP contribution in [-0.2, 0) is 0 Å². The van der Waals surface area contributed by atoms with Gasteiger partial charge in [-0.05, 0) is 57.8 Å². The van der Waals surface area contributed by atoms with Gasteiger partial charge in [-0.2, -0.15) is 0 Å². The van der Waals surface area contributed by atoms with Crippen LogP contribution in [0, 0.1) is 5.92 Å². The van der Waals surface area contributed by atoms with Crippen LogP contribution in [0.2, 0.25) is 0 Å². The first kappa shape index (κ1) is 21.5. The molecule has 2 bridgehead atoms. The molecule has 3 saturated heterocycles. The van der Waals surface area contributed by atoms with Crippen molar-refractivity contribution in [1.82, 2.24) is 15.5 Å². The highest BCUT2D eigenvalue weighted by atomic mass is 16.3. The van der Waals surface area contributed by atoms with Crippen molar-refractivity contribution in [3.05, 3.63) is 54.3 Å². The number of nitrogens with zero attached hydrogens (tertiary/aromatic N) is 1. The Balaban J connectivity index is 1.42. The van der Waals surface area contributed by atoms with E-state index in [2.05, 4.69) is 20.9 Å². The molecule has 3 fully saturated rings. The molecule has 7 heteroatoms. The average Bonchev–Trinajstić information content (AvgIpc) is 3.25. The Morgan fingerprint density at radius 2 is 1.79 bits per heavy atom. The van der Waals surface area contributed by atoms with Crippen LogP contribution in [0.5, 0.6) is 0 Å². The lowest BCUT2D eigenvalue weighted by Crippen LogP contribution is -2.57.